The number of hydrogen-bond donors (Lipinski definition) is 1. The summed E-state index contributed by atoms with van der Waals surface area (Å²) in [5, 5.41) is 0.714. The van der Waals surface area contributed by atoms with Crippen LogP contribution in [0, 0.1) is 4.77 Å². The zero-order chi connectivity index (χ0) is 12.7. The first-order chi connectivity index (χ1) is 8.66. The van der Waals surface area contributed by atoms with Crippen LogP contribution in [0.1, 0.15) is 18.9 Å². The lowest BCUT2D eigenvalue weighted by atomic mass is 10.1. The summed E-state index contributed by atoms with van der Waals surface area (Å²) in [7, 11) is -0.659. The van der Waals surface area contributed by atoms with Crippen molar-refractivity contribution >= 4 is 45.7 Å². The highest BCUT2D eigenvalue weighted by molar-refractivity contribution is 7.85. The Kier molecular flexibility index (Phi) is 3.30. The summed E-state index contributed by atoms with van der Waals surface area (Å²) in [5.74, 6) is 1.51. The van der Waals surface area contributed by atoms with E-state index in [1.165, 1.54) is 0 Å². The second kappa shape index (κ2) is 4.79. The van der Waals surface area contributed by atoms with Gasteiger partial charge in [0.15, 0.2) is 4.77 Å². The van der Waals surface area contributed by atoms with E-state index in [1.54, 1.807) is 0 Å². The molecule has 3 rings (SSSR count). The van der Waals surface area contributed by atoms with Gasteiger partial charge in [-0.25, -0.2) is 0 Å². The number of nitrogens with one attached hydrogen (secondary N) is 1. The third kappa shape index (κ3) is 2.04. The third-order valence-electron chi connectivity index (χ3n) is 3.41. The number of halogens is 1. The number of hydrogen-bond acceptors (Lipinski definition) is 2. The van der Waals surface area contributed by atoms with Gasteiger partial charge in [-0.1, -0.05) is 17.7 Å². The van der Waals surface area contributed by atoms with Gasteiger partial charge in [-0.15, -0.1) is 0 Å². The number of fused-ring (bicyclic) bond motifs is 1. The van der Waals surface area contributed by atoms with Gasteiger partial charge in [-0.3, -0.25) is 4.21 Å². The first-order valence-corrected chi connectivity index (χ1v) is 8.18. The molecule has 1 aliphatic heterocycles. The molecular weight excluding hydrogens is 288 g/mol. The van der Waals surface area contributed by atoms with Gasteiger partial charge >= 0.3 is 0 Å². The van der Waals surface area contributed by atoms with Crippen LogP contribution in [-0.2, 0) is 10.8 Å². The Morgan fingerprint density at radius 2 is 2.11 bits per heavy atom. The van der Waals surface area contributed by atoms with E-state index in [-0.39, 0.29) is 0 Å². The van der Waals surface area contributed by atoms with Crippen LogP contribution < -0.4 is 0 Å². The van der Waals surface area contributed by atoms with E-state index in [0.29, 0.717) is 15.8 Å². The number of benzene rings is 1. The quantitative estimate of drug-likeness (QED) is 0.819. The van der Waals surface area contributed by atoms with Gasteiger partial charge in [-0.2, -0.15) is 0 Å². The molecule has 0 unspecified atom stereocenters. The van der Waals surface area contributed by atoms with Crippen LogP contribution in [0.25, 0.3) is 11.0 Å². The molecular formula is C12H13ClN2OS2. The SMILES string of the molecule is O=S1CCC(n2c(=S)[nH]c3cccc(Cl)c32)CC1. The Bertz CT molecular complexity index is 666. The lowest BCUT2D eigenvalue weighted by Crippen LogP contribution is -2.21. The molecule has 96 valence electrons. The molecule has 1 saturated heterocycles. The number of para-hydroxylation sites is 1. The monoisotopic (exact) mass is 300 g/mol. The molecule has 0 radical (unpaired) electrons. The minimum atomic E-state index is -0.659. The van der Waals surface area contributed by atoms with Gasteiger partial charge in [0, 0.05) is 28.3 Å². The molecule has 0 amide bonds. The molecule has 0 bridgehead atoms. The van der Waals surface area contributed by atoms with Gasteiger partial charge in [-0.05, 0) is 37.2 Å². The largest absolute Gasteiger partial charge is 0.331 e. The maximum Gasteiger partial charge on any atom is 0.178 e. The van der Waals surface area contributed by atoms with Crippen molar-refractivity contribution in [1.82, 2.24) is 9.55 Å². The van der Waals surface area contributed by atoms with Crippen molar-refractivity contribution in [2.24, 2.45) is 0 Å². The van der Waals surface area contributed by atoms with Crippen molar-refractivity contribution in [3.63, 3.8) is 0 Å². The predicted molar refractivity (Wildman–Crippen MR) is 78.3 cm³/mol. The molecule has 0 atom stereocenters. The summed E-state index contributed by atoms with van der Waals surface area (Å²) in [6.07, 6.45) is 1.80. The Hall–Kier alpha value is -0.650. The first-order valence-electron chi connectivity index (χ1n) is 5.90. The predicted octanol–water partition coefficient (Wildman–Crippen LogP) is 3.44. The lowest BCUT2D eigenvalue weighted by Gasteiger charge is -2.23. The minimum absolute atomic E-state index is 0.309. The zero-order valence-corrected chi connectivity index (χ0v) is 12.1. The number of aromatic nitrogens is 2. The van der Waals surface area contributed by atoms with E-state index in [1.807, 2.05) is 18.2 Å². The summed E-state index contributed by atoms with van der Waals surface area (Å²) < 4.78 is 14.2. The average molecular weight is 301 g/mol. The maximum atomic E-state index is 11.4. The van der Waals surface area contributed by atoms with Crippen molar-refractivity contribution in [2.45, 2.75) is 18.9 Å². The van der Waals surface area contributed by atoms with E-state index in [0.717, 1.165) is 35.4 Å². The summed E-state index contributed by atoms with van der Waals surface area (Å²) in [5.41, 5.74) is 1.95. The van der Waals surface area contributed by atoms with Crippen LogP contribution in [0.5, 0.6) is 0 Å². The Labute approximate surface area is 118 Å². The highest BCUT2D eigenvalue weighted by atomic mass is 35.5. The topological polar surface area (TPSA) is 37.8 Å². The number of H-pyrrole nitrogens is 1. The van der Waals surface area contributed by atoms with Crippen LogP contribution in [0.3, 0.4) is 0 Å². The Morgan fingerprint density at radius 1 is 1.39 bits per heavy atom. The molecule has 2 heterocycles. The second-order valence-electron chi connectivity index (χ2n) is 4.52. The van der Waals surface area contributed by atoms with Crippen molar-refractivity contribution in [3.8, 4) is 0 Å². The number of imidazole rings is 1. The molecule has 1 N–H and O–H groups in total. The van der Waals surface area contributed by atoms with Crippen molar-refractivity contribution in [1.29, 1.82) is 0 Å². The normalized spacial score (nSPS) is 24.5. The standard InChI is InChI=1S/C12H13ClN2OS2/c13-9-2-1-3-10-11(9)15(12(17)14-10)8-4-6-18(16)7-5-8/h1-3,8H,4-7H2,(H,14,17). The minimum Gasteiger partial charge on any atom is -0.331 e. The van der Waals surface area contributed by atoms with E-state index < -0.39 is 10.8 Å². The summed E-state index contributed by atoms with van der Waals surface area (Å²) in [6, 6.07) is 6.08. The summed E-state index contributed by atoms with van der Waals surface area (Å²) in [6.45, 7) is 0. The Balaban J connectivity index is 2.14. The highest BCUT2D eigenvalue weighted by Crippen LogP contribution is 2.31. The van der Waals surface area contributed by atoms with E-state index >= 15 is 0 Å². The van der Waals surface area contributed by atoms with E-state index in [4.69, 9.17) is 23.8 Å². The molecule has 1 aromatic heterocycles. The maximum absolute atomic E-state index is 11.4. The fraction of sp³-hybridized carbons (Fsp3) is 0.417. The summed E-state index contributed by atoms with van der Waals surface area (Å²) >= 11 is 11.7. The van der Waals surface area contributed by atoms with Crippen LogP contribution in [-0.4, -0.2) is 25.3 Å². The molecule has 1 aromatic carbocycles. The average Bonchev–Trinajstić information content (AvgIpc) is 2.68. The van der Waals surface area contributed by atoms with Gasteiger partial charge in [0.2, 0.25) is 0 Å². The number of aromatic amines is 1. The molecule has 6 heteroatoms. The van der Waals surface area contributed by atoms with Crippen LogP contribution in [0.15, 0.2) is 18.2 Å². The van der Waals surface area contributed by atoms with Crippen molar-refractivity contribution < 1.29 is 4.21 Å². The molecule has 1 fully saturated rings. The molecule has 0 aliphatic carbocycles. The van der Waals surface area contributed by atoms with Gasteiger partial charge in [0.1, 0.15) is 0 Å². The molecule has 0 spiro atoms. The molecule has 1 aliphatic rings. The summed E-state index contributed by atoms with van der Waals surface area (Å²) in [4.78, 5) is 3.19. The molecule has 18 heavy (non-hydrogen) atoms. The highest BCUT2D eigenvalue weighted by Gasteiger charge is 2.22. The van der Waals surface area contributed by atoms with Crippen LogP contribution in [0.4, 0.5) is 0 Å². The van der Waals surface area contributed by atoms with Crippen molar-refractivity contribution in [3.05, 3.63) is 28.0 Å². The number of nitrogens with zero attached hydrogens (tertiary/aromatic N) is 1. The lowest BCUT2D eigenvalue weighted by molar-refractivity contribution is 0.468. The zero-order valence-electron chi connectivity index (χ0n) is 9.69. The van der Waals surface area contributed by atoms with Crippen LogP contribution >= 0.6 is 23.8 Å². The fourth-order valence-electron chi connectivity index (χ4n) is 2.53. The number of rotatable bonds is 1. The second-order valence-corrected chi connectivity index (χ2v) is 7.01. The van der Waals surface area contributed by atoms with Crippen LogP contribution in [0.2, 0.25) is 5.02 Å². The van der Waals surface area contributed by atoms with Gasteiger partial charge < -0.3 is 9.55 Å². The molecule has 2 aromatic rings. The third-order valence-corrected chi connectivity index (χ3v) is 5.40. The molecule has 0 saturated carbocycles. The van der Waals surface area contributed by atoms with Gasteiger partial charge in [0.25, 0.3) is 0 Å². The van der Waals surface area contributed by atoms with Gasteiger partial charge in [0.05, 0.1) is 16.1 Å². The van der Waals surface area contributed by atoms with E-state index in [9.17, 15) is 4.21 Å². The van der Waals surface area contributed by atoms with E-state index in [2.05, 4.69) is 9.55 Å². The fourth-order valence-corrected chi connectivity index (χ4v) is 4.42. The Morgan fingerprint density at radius 3 is 2.83 bits per heavy atom. The first kappa shape index (κ1) is 12.4. The van der Waals surface area contributed by atoms with Crippen molar-refractivity contribution in [2.75, 3.05) is 11.5 Å². The molecule has 3 nitrogen and oxygen atoms in total. The smallest absolute Gasteiger partial charge is 0.178 e.